The fraction of sp³-hybridized carbons (Fsp3) is 1.00. The SMILES string of the molecule is CC(C)CN1CCC(NCCNS(C)(=O)=O)CC1. The van der Waals surface area contributed by atoms with Gasteiger partial charge in [0.15, 0.2) is 0 Å². The molecule has 0 radical (unpaired) electrons. The highest BCUT2D eigenvalue weighted by Crippen LogP contribution is 2.11. The highest BCUT2D eigenvalue weighted by molar-refractivity contribution is 7.88. The molecule has 1 rings (SSSR count). The quantitative estimate of drug-likeness (QED) is 0.655. The third-order valence-electron chi connectivity index (χ3n) is 3.13. The standard InChI is InChI=1S/C12H27N3O2S/c1-11(2)10-15-8-4-12(5-9-15)13-6-7-14-18(3,16)17/h11-14H,4-10H2,1-3H3. The van der Waals surface area contributed by atoms with Gasteiger partial charge in [0.05, 0.1) is 6.26 Å². The summed E-state index contributed by atoms with van der Waals surface area (Å²) in [5.41, 5.74) is 0. The van der Waals surface area contributed by atoms with Gasteiger partial charge in [0, 0.05) is 25.7 Å². The summed E-state index contributed by atoms with van der Waals surface area (Å²) in [5, 5.41) is 3.41. The van der Waals surface area contributed by atoms with Crippen LogP contribution in [0, 0.1) is 5.92 Å². The van der Waals surface area contributed by atoms with Gasteiger partial charge in [-0.2, -0.15) is 0 Å². The summed E-state index contributed by atoms with van der Waals surface area (Å²) in [6, 6.07) is 0.537. The fourth-order valence-electron chi connectivity index (χ4n) is 2.35. The minimum atomic E-state index is -3.05. The number of rotatable bonds is 7. The smallest absolute Gasteiger partial charge is 0.208 e. The highest BCUT2D eigenvalue weighted by Gasteiger charge is 2.18. The number of nitrogens with one attached hydrogen (secondary N) is 2. The number of hydrogen-bond acceptors (Lipinski definition) is 4. The van der Waals surface area contributed by atoms with Crippen molar-refractivity contribution in [3.8, 4) is 0 Å². The van der Waals surface area contributed by atoms with Gasteiger partial charge in [0.2, 0.25) is 10.0 Å². The van der Waals surface area contributed by atoms with Crippen LogP contribution in [-0.2, 0) is 10.0 Å². The Morgan fingerprint density at radius 3 is 2.33 bits per heavy atom. The summed E-state index contributed by atoms with van der Waals surface area (Å²) >= 11 is 0. The first-order valence-electron chi connectivity index (χ1n) is 6.77. The molecular weight excluding hydrogens is 250 g/mol. The fourth-order valence-corrected chi connectivity index (χ4v) is 2.82. The minimum absolute atomic E-state index is 0.477. The third kappa shape index (κ3) is 7.31. The molecule has 2 N–H and O–H groups in total. The van der Waals surface area contributed by atoms with Crippen LogP contribution in [0.25, 0.3) is 0 Å². The van der Waals surface area contributed by atoms with Gasteiger partial charge in [0.1, 0.15) is 0 Å². The van der Waals surface area contributed by atoms with Crippen molar-refractivity contribution in [1.82, 2.24) is 14.9 Å². The summed E-state index contributed by atoms with van der Waals surface area (Å²) in [6.45, 7) is 9.17. The molecule has 0 aromatic heterocycles. The molecule has 108 valence electrons. The van der Waals surface area contributed by atoms with Gasteiger partial charge in [-0.15, -0.1) is 0 Å². The third-order valence-corrected chi connectivity index (χ3v) is 3.86. The molecule has 0 amide bonds. The molecule has 0 saturated carbocycles. The molecule has 0 atom stereocenters. The van der Waals surface area contributed by atoms with E-state index < -0.39 is 10.0 Å². The van der Waals surface area contributed by atoms with E-state index in [2.05, 4.69) is 28.8 Å². The molecular formula is C12H27N3O2S. The number of sulfonamides is 1. The minimum Gasteiger partial charge on any atom is -0.313 e. The maximum absolute atomic E-state index is 10.9. The molecule has 1 aliphatic heterocycles. The average Bonchev–Trinajstić information content (AvgIpc) is 2.24. The summed E-state index contributed by atoms with van der Waals surface area (Å²) in [4.78, 5) is 2.51. The van der Waals surface area contributed by atoms with Crippen molar-refractivity contribution in [1.29, 1.82) is 0 Å². The van der Waals surface area contributed by atoms with E-state index in [1.807, 2.05) is 0 Å². The first-order valence-corrected chi connectivity index (χ1v) is 8.66. The topological polar surface area (TPSA) is 61.4 Å². The van der Waals surface area contributed by atoms with Crippen molar-refractivity contribution in [3.05, 3.63) is 0 Å². The van der Waals surface area contributed by atoms with Crippen molar-refractivity contribution in [3.63, 3.8) is 0 Å². The lowest BCUT2D eigenvalue weighted by atomic mass is 10.0. The second kappa shape index (κ2) is 7.43. The van der Waals surface area contributed by atoms with Gasteiger partial charge in [-0.3, -0.25) is 0 Å². The van der Waals surface area contributed by atoms with E-state index in [0.717, 1.165) is 31.8 Å². The molecule has 0 spiro atoms. The van der Waals surface area contributed by atoms with E-state index >= 15 is 0 Å². The van der Waals surface area contributed by atoms with Crippen LogP contribution in [0.5, 0.6) is 0 Å². The average molecular weight is 277 g/mol. The van der Waals surface area contributed by atoms with Crippen molar-refractivity contribution < 1.29 is 8.42 Å². The monoisotopic (exact) mass is 277 g/mol. The molecule has 6 heteroatoms. The Kier molecular flexibility index (Phi) is 6.55. The van der Waals surface area contributed by atoms with E-state index in [9.17, 15) is 8.42 Å². The number of hydrogen-bond donors (Lipinski definition) is 2. The zero-order valence-corrected chi connectivity index (χ0v) is 12.6. The zero-order valence-electron chi connectivity index (χ0n) is 11.8. The summed E-state index contributed by atoms with van der Waals surface area (Å²) < 4.78 is 24.3. The normalized spacial score (nSPS) is 19.6. The van der Waals surface area contributed by atoms with Crippen LogP contribution in [0.4, 0.5) is 0 Å². The molecule has 0 aromatic rings. The van der Waals surface area contributed by atoms with Crippen molar-refractivity contribution in [2.24, 2.45) is 5.92 Å². The lowest BCUT2D eigenvalue weighted by molar-refractivity contribution is 0.180. The molecule has 1 saturated heterocycles. The van der Waals surface area contributed by atoms with Crippen molar-refractivity contribution in [2.75, 3.05) is 39.0 Å². The number of likely N-dealkylation sites (tertiary alicyclic amines) is 1. The second-order valence-electron chi connectivity index (χ2n) is 5.59. The van der Waals surface area contributed by atoms with E-state index in [0.29, 0.717) is 19.1 Å². The van der Waals surface area contributed by atoms with Crippen molar-refractivity contribution >= 4 is 10.0 Å². The second-order valence-corrected chi connectivity index (χ2v) is 7.42. The number of nitrogens with zero attached hydrogens (tertiary/aromatic N) is 1. The first kappa shape index (κ1) is 15.9. The Morgan fingerprint density at radius 2 is 1.83 bits per heavy atom. The number of piperidine rings is 1. The predicted octanol–water partition coefficient (Wildman–Crippen LogP) is 0.246. The summed E-state index contributed by atoms with van der Waals surface area (Å²) in [6.07, 6.45) is 3.51. The molecule has 5 nitrogen and oxygen atoms in total. The van der Waals surface area contributed by atoms with E-state index in [-0.39, 0.29) is 0 Å². The maximum Gasteiger partial charge on any atom is 0.208 e. The lowest BCUT2D eigenvalue weighted by Crippen LogP contribution is -2.45. The highest BCUT2D eigenvalue weighted by atomic mass is 32.2. The molecule has 1 heterocycles. The zero-order chi connectivity index (χ0) is 13.6. The van der Waals surface area contributed by atoms with Gasteiger partial charge in [0.25, 0.3) is 0 Å². The van der Waals surface area contributed by atoms with E-state index in [4.69, 9.17) is 0 Å². The lowest BCUT2D eigenvalue weighted by Gasteiger charge is -2.33. The maximum atomic E-state index is 10.9. The Bertz CT molecular complexity index is 322. The van der Waals surface area contributed by atoms with E-state index in [1.54, 1.807) is 0 Å². The van der Waals surface area contributed by atoms with E-state index in [1.165, 1.54) is 12.8 Å². The summed E-state index contributed by atoms with van der Waals surface area (Å²) in [7, 11) is -3.05. The van der Waals surface area contributed by atoms with Crippen molar-refractivity contribution in [2.45, 2.75) is 32.7 Å². The molecule has 1 aliphatic rings. The predicted molar refractivity (Wildman–Crippen MR) is 75.1 cm³/mol. The van der Waals surface area contributed by atoms with Crippen LogP contribution in [0.2, 0.25) is 0 Å². The largest absolute Gasteiger partial charge is 0.313 e. The van der Waals surface area contributed by atoms with Gasteiger partial charge < -0.3 is 10.2 Å². The van der Waals surface area contributed by atoms with Crippen LogP contribution in [-0.4, -0.2) is 58.3 Å². The summed E-state index contributed by atoms with van der Waals surface area (Å²) in [5.74, 6) is 0.730. The van der Waals surface area contributed by atoms with Crippen LogP contribution in [0.15, 0.2) is 0 Å². The Hall–Kier alpha value is -0.170. The van der Waals surface area contributed by atoms with Crippen LogP contribution < -0.4 is 10.0 Å². The van der Waals surface area contributed by atoms with Gasteiger partial charge >= 0.3 is 0 Å². The van der Waals surface area contributed by atoms with Gasteiger partial charge in [-0.25, -0.2) is 13.1 Å². The first-order chi connectivity index (χ1) is 8.37. The molecule has 0 aliphatic carbocycles. The van der Waals surface area contributed by atoms with Crippen LogP contribution in [0.1, 0.15) is 26.7 Å². The molecule has 0 bridgehead atoms. The van der Waals surface area contributed by atoms with Gasteiger partial charge in [-0.1, -0.05) is 13.8 Å². The van der Waals surface area contributed by atoms with Crippen LogP contribution in [0.3, 0.4) is 0 Å². The molecule has 18 heavy (non-hydrogen) atoms. The Labute approximate surface area is 111 Å². The molecule has 0 aromatic carbocycles. The Morgan fingerprint density at radius 1 is 1.22 bits per heavy atom. The van der Waals surface area contributed by atoms with Crippen LogP contribution >= 0.6 is 0 Å². The molecule has 0 unspecified atom stereocenters. The van der Waals surface area contributed by atoms with Gasteiger partial charge in [-0.05, 0) is 31.8 Å². The Balaban J connectivity index is 2.09. The molecule has 1 fully saturated rings.